The average molecular weight is 302 g/mol. The summed E-state index contributed by atoms with van der Waals surface area (Å²) in [4.78, 5) is 10.6. The predicted molar refractivity (Wildman–Crippen MR) is 84.9 cm³/mol. The van der Waals surface area contributed by atoms with Gasteiger partial charge in [-0.25, -0.2) is 9.37 Å². The Hall–Kier alpha value is -2.21. The summed E-state index contributed by atoms with van der Waals surface area (Å²) in [5.41, 5.74) is 6.61. The number of nitrogens with two attached hydrogens (primary N) is 1. The first kappa shape index (κ1) is 13.8. The molecule has 0 aliphatic heterocycles. The van der Waals surface area contributed by atoms with Crippen molar-refractivity contribution in [3.63, 3.8) is 0 Å². The van der Waals surface area contributed by atoms with Gasteiger partial charge in [0.05, 0.1) is 5.39 Å². The fourth-order valence-corrected chi connectivity index (χ4v) is 3.10. The zero-order valence-electron chi connectivity index (χ0n) is 11.6. The van der Waals surface area contributed by atoms with E-state index in [0.29, 0.717) is 12.4 Å². The maximum Gasteiger partial charge on any atom is 0.223 e. The first-order valence-electron chi connectivity index (χ1n) is 6.70. The average Bonchev–Trinajstić information content (AvgIpc) is 2.87. The Balaban J connectivity index is 1.90. The molecular weight excluding hydrogens is 287 g/mol. The van der Waals surface area contributed by atoms with Gasteiger partial charge in [-0.15, -0.1) is 11.3 Å². The Kier molecular flexibility index (Phi) is 3.70. The third-order valence-corrected chi connectivity index (χ3v) is 4.33. The number of aromatic nitrogens is 2. The highest BCUT2D eigenvalue weighted by Gasteiger charge is 2.10. The predicted octanol–water partition coefficient (Wildman–Crippen LogP) is 3.59. The van der Waals surface area contributed by atoms with Gasteiger partial charge in [-0.1, -0.05) is 19.1 Å². The standard InChI is InChI=1S/C15H15FN4S/c1-2-11-7-12-13(19-15(17)20-14(12)21-11)18-8-9-4-3-5-10(16)6-9/h3-7H,2,8H2,1H3,(H3,17,18,19,20). The number of halogens is 1. The summed E-state index contributed by atoms with van der Waals surface area (Å²) in [7, 11) is 0. The van der Waals surface area contributed by atoms with Gasteiger partial charge in [0.2, 0.25) is 5.95 Å². The summed E-state index contributed by atoms with van der Waals surface area (Å²) in [6, 6.07) is 8.56. The van der Waals surface area contributed by atoms with E-state index in [1.54, 1.807) is 17.4 Å². The fraction of sp³-hybridized carbons (Fsp3) is 0.200. The summed E-state index contributed by atoms with van der Waals surface area (Å²) in [6.07, 6.45) is 0.949. The first-order chi connectivity index (χ1) is 10.2. The maximum absolute atomic E-state index is 13.2. The lowest BCUT2D eigenvalue weighted by Crippen LogP contribution is -2.04. The summed E-state index contributed by atoms with van der Waals surface area (Å²) >= 11 is 1.62. The van der Waals surface area contributed by atoms with Crippen LogP contribution in [0.25, 0.3) is 10.2 Å². The molecule has 4 nitrogen and oxygen atoms in total. The number of rotatable bonds is 4. The summed E-state index contributed by atoms with van der Waals surface area (Å²) in [5, 5.41) is 4.18. The minimum atomic E-state index is -0.245. The lowest BCUT2D eigenvalue weighted by Gasteiger charge is -2.07. The highest BCUT2D eigenvalue weighted by atomic mass is 32.1. The zero-order valence-corrected chi connectivity index (χ0v) is 12.4. The molecule has 0 radical (unpaired) electrons. The number of benzene rings is 1. The number of aryl methyl sites for hydroxylation is 1. The van der Waals surface area contributed by atoms with Crippen molar-refractivity contribution in [2.75, 3.05) is 11.1 Å². The lowest BCUT2D eigenvalue weighted by molar-refractivity contribution is 0.626. The van der Waals surface area contributed by atoms with Crippen molar-refractivity contribution in [3.05, 3.63) is 46.6 Å². The van der Waals surface area contributed by atoms with Crippen molar-refractivity contribution in [1.82, 2.24) is 9.97 Å². The molecule has 3 rings (SSSR count). The van der Waals surface area contributed by atoms with Gasteiger partial charge in [-0.2, -0.15) is 4.98 Å². The van der Waals surface area contributed by atoms with E-state index >= 15 is 0 Å². The van der Waals surface area contributed by atoms with Crippen LogP contribution in [-0.2, 0) is 13.0 Å². The Bertz CT molecular complexity index is 784. The monoisotopic (exact) mass is 302 g/mol. The number of fused-ring (bicyclic) bond motifs is 1. The number of anilines is 2. The second kappa shape index (κ2) is 5.65. The smallest absolute Gasteiger partial charge is 0.223 e. The molecule has 0 saturated heterocycles. The highest BCUT2D eigenvalue weighted by molar-refractivity contribution is 7.18. The third-order valence-electron chi connectivity index (χ3n) is 3.16. The molecule has 6 heteroatoms. The Labute approximate surface area is 125 Å². The van der Waals surface area contributed by atoms with Crippen LogP contribution in [0.15, 0.2) is 30.3 Å². The van der Waals surface area contributed by atoms with E-state index in [1.807, 2.05) is 6.07 Å². The van der Waals surface area contributed by atoms with Crippen LogP contribution in [0.3, 0.4) is 0 Å². The zero-order chi connectivity index (χ0) is 14.8. The molecule has 0 amide bonds. The molecular formula is C15H15FN4S. The SMILES string of the molecule is CCc1cc2c(NCc3cccc(F)c3)nc(N)nc2s1. The molecule has 0 aliphatic carbocycles. The minimum Gasteiger partial charge on any atom is -0.368 e. The first-order valence-corrected chi connectivity index (χ1v) is 7.51. The van der Waals surface area contributed by atoms with Crippen LogP contribution in [-0.4, -0.2) is 9.97 Å². The molecule has 0 saturated carbocycles. The van der Waals surface area contributed by atoms with Crippen LogP contribution in [0.2, 0.25) is 0 Å². The van der Waals surface area contributed by atoms with E-state index < -0.39 is 0 Å². The molecule has 1 aromatic carbocycles. The van der Waals surface area contributed by atoms with E-state index in [2.05, 4.69) is 28.3 Å². The van der Waals surface area contributed by atoms with E-state index in [9.17, 15) is 4.39 Å². The van der Waals surface area contributed by atoms with Crippen LogP contribution < -0.4 is 11.1 Å². The maximum atomic E-state index is 13.2. The number of thiophene rings is 1. The summed E-state index contributed by atoms with van der Waals surface area (Å²) in [6.45, 7) is 2.59. The molecule has 2 heterocycles. The highest BCUT2D eigenvalue weighted by Crippen LogP contribution is 2.30. The van der Waals surface area contributed by atoms with E-state index in [1.165, 1.54) is 17.0 Å². The van der Waals surface area contributed by atoms with Crippen molar-refractivity contribution < 1.29 is 4.39 Å². The van der Waals surface area contributed by atoms with E-state index in [-0.39, 0.29) is 11.8 Å². The number of nitrogens with one attached hydrogen (secondary N) is 1. The van der Waals surface area contributed by atoms with E-state index in [4.69, 9.17) is 5.73 Å². The molecule has 3 N–H and O–H groups in total. The molecule has 21 heavy (non-hydrogen) atoms. The van der Waals surface area contributed by atoms with Gasteiger partial charge in [-0.3, -0.25) is 0 Å². The van der Waals surface area contributed by atoms with Gasteiger partial charge < -0.3 is 11.1 Å². The Morgan fingerprint density at radius 2 is 2.14 bits per heavy atom. The molecule has 2 aromatic heterocycles. The molecule has 0 unspecified atom stereocenters. The second-order valence-corrected chi connectivity index (χ2v) is 5.81. The van der Waals surface area contributed by atoms with Gasteiger partial charge in [0, 0.05) is 11.4 Å². The molecule has 0 spiro atoms. The van der Waals surface area contributed by atoms with Crippen molar-refractivity contribution >= 4 is 33.3 Å². The van der Waals surface area contributed by atoms with Gasteiger partial charge in [-0.05, 0) is 30.2 Å². The molecule has 0 atom stereocenters. The number of nitrogen functional groups attached to an aromatic ring is 1. The summed E-state index contributed by atoms with van der Waals surface area (Å²) in [5.74, 6) is 0.692. The molecule has 0 aliphatic rings. The van der Waals surface area contributed by atoms with Crippen LogP contribution in [0.4, 0.5) is 16.2 Å². The fourth-order valence-electron chi connectivity index (χ4n) is 2.13. The van der Waals surface area contributed by atoms with Gasteiger partial charge >= 0.3 is 0 Å². The second-order valence-electron chi connectivity index (χ2n) is 4.70. The van der Waals surface area contributed by atoms with Crippen molar-refractivity contribution in [1.29, 1.82) is 0 Å². The number of hydrogen-bond donors (Lipinski definition) is 2. The molecule has 3 aromatic rings. The lowest BCUT2D eigenvalue weighted by atomic mass is 10.2. The van der Waals surface area contributed by atoms with Crippen LogP contribution in [0, 0.1) is 5.82 Å². The van der Waals surface area contributed by atoms with Crippen LogP contribution >= 0.6 is 11.3 Å². The molecule has 0 fully saturated rings. The number of hydrogen-bond acceptors (Lipinski definition) is 5. The number of nitrogens with zero attached hydrogens (tertiary/aromatic N) is 2. The van der Waals surface area contributed by atoms with Gasteiger partial charge in [0.25, 0.3) is 0 Å². The quantitative estimate of drug-likeness (QED) is 0.773. The minimum absolute atomic E-state index is 0.244. The molecule has 0 bridgehead atoms. The molecule has 108 valence electrons. The van der Waals surface area contributed by atoms with Crippen molar-refractivity contribution in [2.45, 2.75) is 19.9 Å². The van der Waals surface area contributed by atoms with Crippen molar-refractivity contribution in [2.24, 2.45) is 0 Å². The Morgan fingerprint density at radius 1 is 1.29 bits per heavy atom. The van der Waals surface area contributed by atoms with Gasteiger partial charge in [0.1, 0.15) is 16.5 Å². The topological polar surface area (TPSA) is 63.8 Å². The van der Waals surface area contributed by atoms with Crippen molar-refractivity contribution in [3.8, 4) is 0 Å². The largest absolute Gasteiger partial charge is 0.368 e. The van der Waals surface area contributed by atoms with Gasteiger partial charge in [0.15, 0.2) is 0 Å². The van der Waals surface area contributed by atoms with Crippen LogP contribution in [0.5, 0.6) is 0 Å². The normalized spacial score (nSPS) is 11.0. The van der Waals surface area contributed by atoms with Crippen LogP contribution in [0.1, 0.15) is 17.4 Å². The third kappa shape index (κ3) is 2.95. The summed E-state index contributed by atoms with van der Waals surface area (Å²) < 4.78 is 13.2. The Morgan fingerprint density at radius 3 is 2.90 bits per heavy atom. The van der Waals surface area contributed by atoms with E-state index in [0.717, 1.165) is 22.2 Å².